The molecule has 2 aliphatic rings. The number of hydrogen-bond donors (Lipinski definition) is 4. The molecule has 8 atom stereocenters. The molecule has 2 rings (SSSR count). The molecule has 0 amide bonds. The molecule has 152 valence electrons. The van der Waals surface area contributed by atoms with E-state index in [1.807, 2.05) is 6.92 Å². The fourth-order valence-electron chi connectivity index (χ4n) is 3.56. The Hall–Kier alpha value is -0.770. The Morgan fingerprint density at radius 2 is 1.92 bits per heavy atom. The maximum absolute atomic E-state index is 11.3. The third-order valence-corrected chi connectivity index (χ3v) is 5.46. The van der Waals surface area contributed by atoms with E-state index in [1.54, 1.807) is 0 Å². The quantitative estimate of drug-likeness (QED) is 0.391. The fraction of sp³-hybridized carbons (Fsp3) is 0.944. The van der Waals surface area contributed by atoms with Gasteiger partial charge in [0.25, 0.3) is 0 Å². The van der Waals surface area contributed by atoms with E-state index >= 15 is 0 Å². The van der Waals surface area contributed by atoms with Crippen LogP contribution in [0.1, 0.15) is 45.4 Å². The maximum atomic E-state index is 11.3. The molecule has 1 aliphatic heterocycles. The SMILES string of the molecule is CC[C@H](CCC[C@@H]1C[C@@H]1CC(=O)OC)O[C@@H]1O[C@H](CO)[C@@H](O)[C@H](O)[C@H]1O. The number of carbonyl (C=O) groups excluding carboxylic acids is 1. The number of aliphatic hydroxyl groups excluding tert-OH is 4. The van der Waals surface area contributed by atoms with Crippen molar-refractivity contribution >= 4 is 5.97 Å². The second-order valence-electron chi connectivity index (χ2n) is 7.33. The van der Waals surface area contributed by atoms with Crippen LogP contribution in [0.5, 0.6) is 0 Å². The van der Waals surface area contributed by atoms with Crippen LogP contribution in [-0.2, 0) is 19.0 Å². The van der Waals surface area contributed by atoms with Gasteiger partial charge < -0.3 is 34.6 Å². The summed E-state index contributed by atoms with van der Waals surface area (Å²) in [5, 5.41) is 38.9. The van der Waals surface area contributed by atoms with Gasteiger partial charge in [-0.15, -0.1) is 0 Å². The van der Waals surface area contributed by atoms with Crippen molar-refractivity contribution in [2.24, 2.45) is 11.8 Å². The van der Waals surface area contributed by atoms with Crippen LogP contribution in [0.2, 0.25) is 0 Å². The summed E-state index contributed by atoms with van der Waals surface area (Å²) in [6.45, 7) is 1.50. The van der Waals surface area contributed by atoms with Crippen molar-refractivity contribution in [3.05, 3.63) is 0 Å². The van der Waals surface area contributed by atoms with Gasteiger partial charge in [0.15, 0.2) is 6.29 Å². The lowest BCUT2D eigenvalue weighted by Gasteiger charge is -2.40. The number of aliphatic hydroxyl groups is 4. The van der Waals surface area contributed by atoms with Crippen molar-refractivity contribution in [3.63, 3.8) is 0 Å². The molecule has 0 aromatic rings. The number of rotatable bonds is 10. The summed E-state index contributed by atoms with van der Waals surface area (Å²) in [6, 6.07) is 0. The Kier molecular flexibility index (Phi) is 8.25. The summed E-state index contributed by atoms with van der Waals surface area (Å²) in [5.74, 6) is 0.822. The van der Waals surface area contributed by atoms with Gasteiger partial charge in [0, 0.05) is 6.42 Å². The van der Waals surface area contributed by atoms with Crippen LogP contribution in [0.15, 0.2) is 0 Å². The standard InChI is InChI=1S/C18H32O8/c1-3-12(6-4-5-10-7-11(10)8-14(20)24-2)25-18-17(23)16(22)15(21)13(9-19)26-18/h10-13,15-19,21-23H,3-9H2,1-2H3/t10-,11-,12-,13-,15-,16+,17-,18-/m1/s1. The first-order valence-electron chi connectivity index (χ1n) is 9.44. The van der Waals surface area contributed by atoms with E-state index in [-0.39, 0.29) is 12.1 Å². The summed E-state index contributed by atoms with van der Waals surface area (Å²) in [7, 11) is 1.40. The number of esters is 1. The molecule has 0 unspecified atom stereocenters. The first-order valence-corrected chi connectivity index (χ1v) is 9.44. The van der Waals surface area contributed by atoms with E-state index in [0.717, 1.165) is 25.7 Å². The summed E-state index contributed by atoms with van der Waals surface area (Å²) in [4.78, 5) is 11.3. The molecule has 4 N–H and O–H groups in total. The Morgan fingerprint density at radius 3 is 2.54 bits per heavy atom. The van der Waals surface area contributed by atoms with Crippen molar-refractivity contribution in [1.82, 2.24) is 0 Å². The highest BCUT2D eigenvalue weighted by Gasteiger charge is 2.44. The molecule has 0 aromatic carbocycles. The van der Waals surface area contributed by atoms with Gasteiger partial charge in [-0.25, -0.2) is 0 Å². The normalized spacial score (nSPS) is 38.0. The zero-order chi connectivity index (χ0) is 19.3. The van der Waals surface area contributed by atoms with Crippen molar-refractivity contribution in [2.75, 3.05) is 13.7 Å². The molecule has 8 heteroatoms. The van der Waals surface area contributed by atoms with Gasteiger partial charge in [-0.3, -0.25) is 4.79 Å². The first kappa shape index (κ1) is 21.5. The number of methoxy groups -OCH3 is 1. The van der Waals surface area contributed by atoms with Gasteiger partial charge in [0.2, 0.25) is 0 Å². The molecule has 26 heavy (non-hydrogen) atoms. The highest BCUT2D eigenvalue weighted by atomic mass is 16.7. The summed E-state index contributed by atoms with van der Waals surface area (Å²) in [5.41, 5.74) is 0. The Balaban J connectivity index is 1.72. The topological polar surface area (TPSA) is 126 Å². The first-order chi connectivity index (χ1) is 12.4. The largest absolute Gasteiger partial charge is 0.469 e. The fourth-order valence-corrected chi connectivity index (χ4v) is 3.56. The van der Waals surface area contributed by atoms with Gasteiger partial charge in [-0.05, 0) is 31.1 Å². The third-order valence-electron chi connectivity index (χ3n) is 5.46. The van der Waals surface area contributed by atoms with Gasteiger partial charge in [0.05, 0.1) is 19.8 Å². The lowest BCUT2D eigenvalue weighted by atomic mass is 9.99. The van der Waals surface area contributed by atoms with Crippen LogP contribution in [0.4, 0.5) is 0 Å². The molecule has 1 heterocycles. The maximum Gasteiger partial charge on any atom is 0.305 e. The highest BCUT2D eigenvalue weighted by Crippen LogP contribution is 2.45. The molecule has 1 saturated heterocycles. The second kappa shape index (κ2) is 9.96. The van der Waals surface area contributed by atoms with Gasteiger partial charge >= 0.3 is 5.97 Å². The van der Waals surface area contributed by atoms with E-state index in [0.29, 0.717) is 24.7 Å². The molecule has 2 fully saturated rings. The Morgan fingerprint density at radius 1 is 1.19 bits per heavy atom. The summed E-state index contributed by atoms with van der Waals surface area (Å²) in [6.07, 6.45) is -1.40. The number of ether oxygens (including phenoxy) is 3. The molecule has 0 aromatic heterocycles. The number of carbonyl (C=O) groups is 1. The minimum absolute atomic E-state index is 0.158. The third kappa shape index (κ3) is 5.61. The molecule has 0 bridgehead atoms. The highest BCUT2D eigenvalue weighted by molar-refractivity contribution is 5.69. The van der Waals surface area contributed by atoms with Crippen LogP contribution in [0, 0.1) is 11.8 Å². The van der Waals surface area contributed by atoms with Gasteiger partial charge in [0.1, 0.15) is 24.4 Å². The van der Waals surface area contributed by atoms with E-state index in [1.165, 1.54) is 7.11 Å². The van der Waals surface area contributed by atoms with Crippen LogP contribution in [0.3, 0.4) is 0 Å². The zero-order valence-electron chi connectivity index (χ0n) is 15.5. The average Bonchev–Trinajstić information content (AvgIpc) is 3.38. The molecule has 1 saturated carbocycles. The van der Waals surface area contributed by atoms with Gasteiger partial charge in [-0.2, -0.15) is 0 Å². The minimum atomic E-state index is -1.42. The van der Waals surface area contributed by atoms with Crippen LogP contribution in [0.25, 0.3) is 0 Å². The van der Waals surface area contributed by atoms with E-state index in [4.69, 9.17) is 9.47 Å². The van der Waals surface area contributed by atoms with E-state index in [2.05, 4.69) is 4.74 Å². The monoisotopic (exact) mass is 376 g/mol. The molecule has 1 aliphatic carbocycles. The molecule has 0 spiro atoms. The molecule has 8 nitrogen and oxygen atoms in total. The number of hydrogen-bond acceptors (Lipinski definition) is 8. The van der Waals surface area contributed by atoms with Crippen LogP contribution >= 0.6 is 0 Å². The van der Waals surface area contributed by atoms with E-state index < -0.39 is 37.3 Å². The van der Waals surface area contributed by atoms with Crippen molar-refractivity contribution in [2.45, 2.75) is 82.3 Å². The zero-order valence-corrected chi connectivity index (χ0v) is 15.5. The molecule has 0 radical (unpaired) electrons. The average molecular weight is 376 g/mol. The smallest absolute Gasteiger partial charge is 0.305 e. The van der Waals surface area contributed by atoms with Crippen LogP contribution in [-0.4, -0.2) is 76.9 Å². The minimum Gasteiger partial charge on any atom is -0.469 e. The molecular formula is C18H32O8. The molecular weight excluding hydrogens is 344 g/mol. The van der Waals surface area contributed by atoms with Crippen LogP contribution < -0.4 is 0 Å². The van der Waals surface area contributed by atoms with Crippen molar-refractivity contribution in [1.29, 1.82) is 0 Å². The Labute approximate surface area is 154 Å². The lowest BCUT2D eigenvalue weighted by Crippen LogP contribution is -2.59. The predicted molar refractivity (Wildman–Crippen MR) is 91.0 cm³/mol. The van der Waals surface area contributed by atoms with E-state index in [9.17, 15) is 25.2 Å². The summed E-state index contributed by atoms with van der Waals surface area (Å²) >= 11 is 0. The van der Waals surface area contributed by atoms with Gasteiger partial charge in [-0.1, -0.05) is 19.8 Å². The Bertz CT molecular complexity index is 443. The van der Waals surface area contributed by atoms with Crippen molar-refractivity contribution < 1.29 is 39.4 Å². The summed E-state index contributed by atoms with van der Waals surface area (Å²) < 4.78 is 15.9. The second-order valence-corrected chi connectivity index (χ2v) is 7.33. The van der Waals surface area contributed by atoms with Crippen molar-refractivity contribution in [3.8, 4) is 0 Å². The lowest BCUT2D eigenvalue weighted by molar-refractivity contribution is -0.311. The predicted octanol–water partition coefficient (Wildman–Crippen LogP) is -0.0490.